The van der Waals surface area contributed by atoms with Crippen molar-refractivity contribution in [1.82, 2.24) is 4.90 Å². The maximum atomic E-state index is 14.0. The third-order valence-electron chi connectivity index (χ3n) is 6.50. The van der Waals surface area contributed by atoms with E-state index in [0.717, 1.165) is 21.6 Å². The number of carbonyl (C=O) groups is 3. The molecule has 7 nitrogen and oxygen atoms in total. The number of rotatable bonds is 12. The lowest BCUT2D eigenvalue weighted by molar-refractivity contribution is -0.145. The second-order valence-corrected chi connectivity index (χ2v) is 9.21. The summed E-state index contributed by atoms with van der Waals surface area (Å²) in [5.41, 5.74) is 3.01. The molecule has 0 unspecified atom stereocenters. The minimum Gasteiger partial charge on any atom is -0.469 e. The SMILES string of the molecule is COC(=O)[C@H](C/C=C(\Cc1ccccc1)C(=O)N(C(=O)OC)[C@H](CO)Cc1ccccc1)Cc1ccccc1. The Morgan fingerprint density at radius 3 is 1.77 bits per heavy atom. The second-order valence-electron chi connectivity index (χ2n) is 9.21. The molecule has 3 aromatic carbocycles. The smallest absolute Gasteiger partial charge is 0.416 e. The van der Waals surface area contributed by atoms with Crippen LogP contribution in [0.3, 0.4) is 0 Å². The average molecular weight is 530 g/mol. The predicted octanol–water partition coefficient (Wildman–Crippen LogP) is 4.78. The van der Waals surface area contributed by atoms with E-state index in [9.17, 15) is 19.5 Å². The Kier molecular flexibility index (Phi) is 11.5. The third-order valence-corrected chi connectivity index (χ3v) is 6.50. The molecule has 2 amide bonds. The number of nitrogens with zero attached hydrogens (tertiary/aromatic N) is 1. The lowest BCUT2D eigenvalue weighted by Gasteiger charge is -2.29. The summed E-state index contributed by atoms with van der Waals surface area (Å²) in [7, 11) is 2.54. The monoisotopic (exact) mass is 529 g/mol. The van der Waals surface area contributed by atoms with Gasteiger partial charge in [0.05, 0.1) is 32.8 Å². The number of amides is 2. The Balaban J connectivity index is 1.96. The quantitative estimate of drug-likeness (QED) is 0.268. The summed E-state index contributed by atoms with van der Waals surface area (Å²) in [5, 5.41) is 10.2. The molecule has 3 aromatic rings. The van der Waals surface area contributed by atoms with Crippen LogP contribution in [0.25, 0.3) is 0 Å². The van der Waals surface area contributed by atoms with E-state index in [-0.39, 0.29) is 25.2 Å². The van der Waals surface area contributed by atoms with Crippen LogP contribution in [0.5, 0.6) is 0 Å². The van der Waals surface area contributed by atoms with E-state index in [2.05, 4.69) is 0 Å². The molecule has 204 valence electrons. The summed E-state index contributed by atoms with van der Waals surface area (Å²) in [5.74, 6) is -1.49. The summed E-state index contributed by atoms with van der Waals surface area (Å²) < 4.78 is 10.0. The molecule has 0 aliphatic carbocycles. The molecule has 0 heterocycles. The van der Waals surface area contributed by atoms with E-state index in [4.69, 9.17) is 9.47 Å². The van der Waals surface area contributed by atoms with Crippen LogP contribution in [0.2, 0.25) is 0 Å². The molecule has 0 saturated heterocycles. The Labute approximate surface area is 229 Å². The van der Waals surface area contributed by atoms with Gasteiger partial charge in [0, 0.05) is 12.0 Å². The molecule has 0 saturated carbocycles. The fourth-order valence-electron chi connectivity index (χ4n) is 4.44. The molecule has 0 aromatic heterocycles. The Morgan fingerprint density at radius 2 is 1.28 bits per heavy atom. The van der Waals surface area contributed by atoms with Crippen molar-refractivity contribution < 1.29 is 29.0 Å². The molecule has 0 spiro atoms. The lowest BCUT2D eigenvalue weighted by atomic mass is 9.93. The molecule has 2 atom stereocenters. The lowest BCUT2D eigenvalue weighted by Crippen LogP contribution is -2.48. The maximum absolute atomic E-state index is 14.0. The van der Waals surface area contributed by atoms with Gasteiger partial charge in [0.25, 0.3) is 5.91 Å². The zero-order valence-corrected chi connectivity index (χ0v) is 22.4. The maximum Gasteiger partial charge on any atom is 0.416 e. The summed E-state index contributed by atoms with van der Waals surface area (Å²) in [6, 6.07) is 27.5. The number of hydrogen-bond donors (Lipinski definition) is 1. The molecule has 0 radical (unpaired) electrons. The van der Waals surface area contributed by atoms with E-state index < -0.39 is 30.6 Å². The minimum absolute atomic E-state index is 0.229. The fourth-order valence-corrected chi connectivity index (χ4v) is 4.44. The summed E-state index contributed by atoms with van der Waals surface area (Å²) >= 11 is 0. The molecule has 3 rings (SSSR count). The standard InChI is InChI=1S/C32H35NO6/c1-38-31(36)28(21-25-14-8-4-9-15-25)19-18-27(20-24-12-6-3-7-13-24)30(35)33(32(37)39-2)29(23-34)22-26-16-10-5-11-17-26/h3-18,28-29,34H,19-23H2,1-2H3/b27-18+/t28-,29+/m1/s1. The van der Waals surface area contributed by atoms with Gasteiger partial charge in [-0.3, -0.25) is 9.59 Å². The molecule has 0 aliphatic heterocycles. The largest absolute Gasteiger partial charge is 0.469 e. The van der Waals surface area contributed by atoms with Gasteiger partial charge in [0.1, 0.15) is 0 Å². The number of imide groups is 1. The summed E-state index contributed by atoms with van der Waals surface area (Å²) in [6.07, 6.45) is 2.00. The Hall–Kier alpha value is -4.23. The first-order chi connectivity index (χ1) is 19.0. The molecule has 0 fully saturated rings. The molecule has 0 aliphatic rings. The average Bonchev–Trinajstić information content (AvgIpc) is 2.98. The summed E-state index contributed by atoms with van der Waals surface area (Å²) in [6.45, 7) is -0.437. The number of esters is 1. The van der Waals surface area contributed by atoms with Gasteiger partial charge >= 0.3 is 12.1 Å². The van der Waals surface area contributed by atoms with Gasteiger partial charge in [0.2, 0.25) is 0 Å². The van der Waals surface area contributed by atoms with E-state index in [1.165, 1.54) is 14.2 Å². The van der Waals surface area contributed by atoms with Crippen LogP contribution in [0.1, 0.15) is 23.1 Å². The van der Waals surface area contributed by atoms with Crippen LogP contribution in [0.15, 0.2) is 103 Å². The first-order valence-electron chi connectivity index (χ1n) is 12.9. The Morgan fingerprint density at radius 1 is 0.769 bits per heavy atom. The Bertz CT molecular complexity index is 1230. The van der Waals surface area contributed by atoms with Gasteiger partial charge in [-0.2, -0.15) is 0 Å². The van der Waals surface area contributed by atoms with Crippen molar-refractivity contribution in [2.24, 2.45) is 5.92 Å². The highest BCUT2D eigenvalue weighted by atomic mass is 16.5. The van der Waals surface area contributed by atoms with Crippen LogP contribution >= 0.6 is 0 Å². The van der Waals surface area contributed by atoms with Crippen molar-refractivity contribution in [1.29, 1.82) is 0 Å². The molecule has 39 heavy (non-hydrogen) atoms. The highest BCUT2D eigenvalue weighted by Crippen LogP contribution is 2.21. The van der Waals surface area contributed by atoms with Crippen molar-refractivity contribution in [2.75, 3.05) is 20.8 Å². The van der Waals surface area contributed by atoms with Crippen LogP contribution in [0, 0.1) is 5.92 Å². The normalized spacial score (nSPS) is 12.7. The summed E-state index contributed by atoms with van der Waals surface area (Å²) in [4.78, 5) is 40.5. The van der Waals surface area contributed by atoms with Gasteiger partial charge in [-0.1, -0.05) is 97.1 Å². The fraction of sp³-hybridized carbons (Fsp3) is 0.281. The zero-order valence-electron chi connectivity index (χ0n) is 22.4. The number of hydrogen-bond acceptors (Lipinski definition) is 6. The number of carbonyl (C=O) groups excluding carboxylic acids is 3. The van der Waals surface area contributed by atoms with Crippen molar-refractivity contribution in [3.05, 3.63) is 119 Å². The number of aliphatic hydroxyl groups excluding tert-OH is 1. The number of allylic oxidation sites excluding steroid dienone is 1. The highest BCUT2D eigenvalue weighted by molar-refractivity contribution is 6.03. The number of aliphatic hydroxyl groups is 1. The number of benzene rings is 3. The first-order valence-corrected chi connectivity index (χ1v) is 12.9. The van der Waals surface area contributed by atoms with Crippen LogP contribution in [-0.4, -0.2) is 54.8 Å². The van der Waals surface area contributed by atoms with Gasteiger partial charge in [-0.25, -0.2) is 9.69 Å². The van der Waals surface area contributed by atoms with Crippen molar-refractivity contribution in [3.63, 3.8) is 0 Å². The molecule has 0 bridgehead atoms. The van der Waals surface area contributed by atoms with Gasteiger partial charge in [-0.15, -0.1) is 0 Å². The van der Waals surface area contributed by atoms with Gasteiger partial charge in [0.15, 0.2) is 0 Å². The highest BCUT2D eigenvalue weighted by Gasteiger charge is 2.33. The van der Waals surface area contributed by atoms with E-state index >= 15 is 0 Å². The van der Waals surface area contributed by atoms with Gasteiger partial charge in [-0.05, 0) is 36.0 Å². The van der Waals surface area contributed by atoms with Crippen LogP contribution in [-0.2, 0) is 38.3 Å². The third kappa shape index (κ3) is 8.65. The molecule has 1 N–H and O–H groups in total. The van der Waals surface area contributed by atoms with Crippen LogP contribution in [0.4, 0.5) is 4.79 Å². The molecule has 7 heteroatoms. The van der Waals surface area contributed by atoms with Gasteiger partial charge < -0.3 is 14.6 Å². The molecular weight excluding hydrogens is 494 g/mol. The van der Waals surface area contributed by atoms with Crippen LogP contribution < -0.4 is 0 Å². The van der Waals surface area contributed by atoms with Crippen molar-refractivity contribution in [3.8, 4) is 0 Å². The minimum atomic E-state index is -0.859. The van der Waals surface area contributed by atoms with E-state index in [1.54, 1.807) is 6.08 Å². The van der Waals surface area contributed by atoms with E-state index in [0.29, 0.717) is 12.0 Å². The molecular formula is C32H35NO6. The predicted molar refractivity (Wildman–Crippen MR) is 149 cm³/mol. The van der Waals surface area contributed by atoms with E-state index in [1.807, 2.05) is 91.0 Å². The van der Waals surface area contributed by atoms with Crippen molar-refractivity contribution >= 4 is 18.0 Å². The first kappa shape index (κ1) is 29.3. The number of methoxy groups -OCH3 is 2. The van der Waals surface area contributed by atoms with Crippen molar-refractivity contribution in [2.45, 2.75) is 31.7 Å². The topological polar surface area (TPSA) is 93.1 Å². The number of ether oxygens (including phenoxy) is 2. The zero-order chi connectivity index (χ0) is 28.0. The second kappa shape index (κ2) is 15.2.